The molecule has 3 saturated heterocycles. The fourth-order valence-electron chi connectivity index (χ4n) is 14.9. The van der Waals surface area contributed by atoms with E-state index in [9.17, 15) is 46.7 Å². The van der Waals surface area contributed by atoms with E-state index in [-0.39, 0.29) is 82.2 Å². The standard InChI is InChI=1S/C72H121ClF3N13O12S/c1-20-43(8)60-70(100)83(14)45(10)64(94)89-31-30-52(89)68(98)86(17)55(34-47-24-22-42(7)23-25-47)67(97)82(13)37-57(90)78-51(29-27-46-26-28-49(50(73)33-46)72(74,75)76)65(95)85(16)54(35-48-38-102-39-77-48)63(93)79-59(41(5)6)69(99)88(19)61(44(9)21-2)71(101)87(18)56(66(96)81(11)12)36-58(91)84(15)53(32-40(3)4)62(92)80-60/h40-56,59-61,77H,20-39H2,1-19H3,(H,78,90)(H,79,93)(H,80,92)/t42?,43-,44-,45-,46?,47?,48?,49?,50?,51-,52-,53-,54-,55-,56-,59-,60-,61-/m0/s1. The first kappa shape index (κ1) is 86.7. The highest BCUT2D eigenvalue weighted by atomic mass is 35.5. The average molecular weight is 1490 g/mol. The van der Waals surface area contributed by atoms with Gasteiger partial charge in [0, 0.05) is 93.0 Å². The number of carbonyl (C=O) groups is 12. The van der Waals surface area contributed by atoms with Crippen LogP contribution in [0.25, 0.3) is 0 Å². The fourth-order valence-corrected chi connectivity index (χ4v) is 16.4. The normalized spacial score (nSPS) is 31.8. The summed E-state index contributed by atoms with van der Waals surface area (Å²) in [5.41, 5.74) is 0. The smallest absolute Gasteiger partial charge is 0.347 e. The third kappa shape index (κ3) is 22.1. The highest BCUT2D eigenvalue weighted by molar-refractivity contribution is 7.99. The Morgan fingerprint density at radius 3 is 1.73 bits per heavy atom. The number of amides is 12. The van der Waals surface area contributed by atoms with Gasteiger partial charge in [-0.15, -0.1) is 23.4 Å². The highest BCUT2D eigenvalue weighted by Gasteiger charge is 2.50. The van der Waals surface area contributed by atoms with Crippen LogP contribution in [0.1, 0.15) is 172 Å². The quantitative estimate of drug-likeness (QED) is 0.149. The largest absolute Gasteiger partial charge is 0.393 e. The zero-order valence-electron chi connectivity index (χ0n) is 64.0. The third-order valence-electron chi connectivity index (χ3n) is 22.6. The maximum Gasteiger partial charge on any atom is 0.393 e. The molecule has 4 N–H and O–H groups in total. The van der Waals surface area contributed by atoms with E-state index in [1.807, 2.05) is 27.7 Å². The van der Waals surface area contributed by atoms with Gasteiger partial charge in [0.1, 0.15) is 60.4 Å². The zero-order chi connectivity index (χ0) is 76.8. The lowest BCUT2D eigenvalue weighted by Gasteiger charge is -2.45. The van der Waals surface area contributed by atoms with E-state index in [1.54, 1.807) is 39.5 Å². The monoisotopic (exact) mass is 1480 g/mol. The summed E-state index contributed by atoms with van der Waals surface area (Å²) < 4.78 is 42.2. The van der Waals surface area contributed by atoms with Gasteiger partial charge in [-0.05, 0) is 106 Å². The van der Waals surface area contributed by atoms with Crippen molar-refractivity contribution in [2.24, 2.45) is 47.3 Å². The Morgan fingerprint density at radius 2 is 1.20 bits per heavy atom. The molecule has 25 nitrogen and oxygen atoms in total. The van der Waals surface area contributed by atoms with Crippen LogP contribution in [0.2, 0.25) is 0 Å². The van der Waals surface area contributed by atoms with Gasteiger partial charge in [0.2, 0.25) is 70.9 Å². The summed E-state index contributed by atoms with van der Waals surface area (Å²) in [5, 5.41) is 10.8. The van der Waals surface area contributed by atoms with Crippen LogP contribution in [-0.4, -0.2) is 281 Å². The molecule has 30 heteroatoms. The Morgan fingerprint density at radius 1 is 0.618 bits per heavy atom. The van der Waals surface area contributed by atoms with Gasteiger partial charge >= 0.3 is 6.18 Å². The predicted octanol–water partition coefficient (Wildman–Crippen LogP) is 5.40. The van der Waals surface area contributed by atoms with E-state index < -0.39 is 185 Å². The minimum atomic E-state index is -4.53. The van der Waals surface area contributed by atoms with Crippen molar-refractivity contribution in [3.63, 3.8) is 0 Å². The van der Waals surface area contributed by atoms with Crippen LogP contribution in [0.3, 0.4) is 0 Å². The fraction of sp³-hybridized carbons (Fsp3) is 0.833. The van der Waals surface area contributed by atoms with Gasteiger partial charge in [-0.1, -0.05) is 101 Å². The van der Waals surface area contributed by atoms with E-state index in [0.717, 1.165) is 30.6 Å². The van der Waals surface area contributed by atoms with Crippen molar-refractivity contribution >= 4 is 94.2 Å². The lowest BCUT2D eigenvalue weighted by atomic mass is 9.78. The maximum absolute atomic E-state index is 15.4. The molecule has 0 aromatic rings. The first-order chi connectivity index (χ1) is 47.6. The number of rotatable bonds is 15. The molecule has 2 aliphatic carbocycles. The number of alkyl halides is 4. The molecule has 5 aliphatic rings. The van der Waals surface area contributed by atoms with Gasteiger partial charge in [0.25, 0.3) is 0 Å². The highest BCUT2D eigenvalue weighted by Crippen LogP contribution is 2.44. The van der Waals surface area contributed by atoms with Crippen molar-refractivity contribution in [2.75, 3.05) is 88.1 Å². The minimum Gasteiger partial charge on any atom is -0.347 e. The summed E-state index contributed by atoms with van der Waals surface area (Å²) in [6.45, 7) is 17.5. The molecule has 0 aromatic heterocycles. The number of nitrogens with one attached hydrogen (secondary N) is 4. The summed E-state index contributed by atoms with van der Waals surface area (Å²) in [6.07, 6.45) is -0.612. The number of likely N-dealkylation sites (N-methyl/N-ethyl adjacent to an activating group) is 8. The third-order valence-corrected chi connectivity index (χ3v) is 24.1. The molecule has 102 heavy (non-hydrogen) atoms. The molecule has 4 unspecified atom stereocenters. The molecule has 0 bridgehead atoms. The second kappa shape index (κ2) is 38.3. The van der Waals surface area contributed by atoms with Gasteiger partial charge in [-0.25, -0.2) is 0 Å². The molecule has 3 heterocycles. The van der Waals surface area contributed by atoms with Crippen LogP contribution in [-0.2, 0) is 57.5 Å². The molecule has 12 amide bonds. The lowest BCUT2D eigenvalue weighted by Crippen LogP contribution is -2.65. The van der Waals surface area contributed by atoms with Gasteiger partial charge < -0.3 is 65.4 Å². The van der Waals surface area contributed by atoms with Gasteiger partial charge in [-0.3, -0.25) is 57.5 Å². The summed E-state index contributed by atoms with van der Waals surface area (Å²) >= 11 is 7.99. The average Bonchev–Trinajstić information content (AvgIpc) is 0.826. The van der Waals surface area contributed by atoms with Crippen molar-refractivity contribution < 1.29 is 70.7 Å². The summed E-state index contributed by atoms with van der Waals surface area (Å²) in [7, 11) is 12.8. The predicted molar refractivity (Wildman–Crippen MR) is 385 cm³/mol. The Hall–Kier alpha value is -5.97. The topological polar surface area (TPSA) is 282 Å². The van der Waals surface area contributed by atoms with Crippen LogP contribution in [0.4, 0.5) is 13.2 Å². The molecule has 16 atom stereocenters. The Bertz CT molecular complexity index is 2940. The maximum atomic E-state index is 15.4. The molecule has 5 rings (SSSR count). The number of hydrogen-bond donors (Lipinski definition) is 4. The van der Waals surface area contributed by atoms with Crippen molar-refractivity contribution in [3.05, 3.63) is 0 Å². The minimum absolute atomic E-state index is 0.00565. The van der Waals surface area contributed by atoms with Crippen LogP contribution in [0.15, 0.2) is 0 Å². The zero-order valence-corrected chi connectivity index (χ0v) is 65.6. The number of fused-ring (bicyclic) bond motifs is 1. The van der Waals surface area contributed by atoms with E-state index in [2.05, 4.69) is 28.2 Å². The Labute approximate surface area is 613 Å². The van der Waals surface area contributed by atoms with Gasteiger partial charge in [0.15, 0.2) is 0 Å². The molecular weight excluding hydrogens is 1360 g/mol. The van der Waals surface area contributed by atoms with Crippen LogP contribution >= 0.6 is 23.4 Å². The summed E-state index contributed by atoms with van der Waals surface area (Å²) in [4.78, 5) is 191. The first-order valence-corrected chi connectivity index (χ1v) is 38.5. The van der Waals surface area contributed by atoms with Crippen LogP contribution in [0.5, 0.6) is 0 Å². The first-order valence-electron chi connectivity index (χ1n) is 36.9. The number of hydrogen-bond acceptors (Lipinski definition) is 14. The molecule has 5 fully saturated rings. The second-order valence-corrected chi connectivity index (χ2v) is 32.7. The molecule has 2 saturated carbocycles. The Kier molecular flexibility index (Phi) is 32.6. The summed E-state index contributed by atoms with van der Waals surface area (Å²) in [6, 6.07) is -12.9. The number of nitrogens with zero attached hydrogens (tertiary/aromatic N) is 9. The molecule has 580 valence electrons. The number of carbonyl (C=O) groups excluding carboxylic acids is 12. The molecule has 0 radical (unpaired) electrons. The van der Waals surface area contributed by atoms with Crippen molar-refractivity contribution in [3.8, 4) is 0 Å². The van der Waals surface area contributed by atoms with E-state index >= 15 is 24.0 Å². The molecule has 0 spiro atoms. The van der Waals surface area contributed by atoms with Crippen molar-refractivity contribution in [1.82, 2.24) is 65.4 Å². The SMILES string of the molecule is CC[C@H](C)[C@@H]1NC(=O)[C@H](CC(C)C)N(C)C(=O)C[C@@H](C(=O)N(C)C)N(C)C(=O)[C@H]([C@@H](C)CC)N(C)C(=O)[C@H](C(C)C)NC(=O)[C@H](CC2CSCN2)N(C)C(=O)[C@H](CCC2CCC(C(F)(F)F)C(Cl)C2)NC(=O)CN(C)C(=O)[C@H](CC2CCC(C)CC2)N(C)C(=O)[C@@H]2CCN2C(=O)[C@H](C)N(C)C1=O. The van der Waals surface area contributed by atoms with Crippen LogP contribution in [0, 0.1) is 47.3 Å². The van der Waals surface area contributed by atoms with E-state index in [0.29, 0.717) is 30.4 Å². The molecule has 3 aliphatic heterocycles. The lowest BCUT2D eigenvalue weighted by molar-refractivity contribution is -0.182. The number of thioether (sulfide) groups is 1. The summed E-state index contributed by atoms with van der Waals surface area (Å²) in [5.74, 6) is -10.6. The Balaban J connectivity index is 1.65. The van der Waals surface area contributed by atoms with Gasteiger partial charge in [-0.2, -0.15) is 13.2 Å². The molecule has 0 aromatic carbocycles. The molecular formula is C72H121ClF3N13O12S. The van der Waals surface area contributed by atoms with Crippen molar-refractivity contribution in [2.45, 2.75) is 250 Å². The van der Waals surface area contributed by atoms with Gasteiger partial charge in [0.05, 0.1) is 18.9 Å². The van der Waals surface area contributed by atoms with E-state index in [1.165, 1.54) is 110 Å². The van der Waals surface area contributed by atoms with Crippen LogP contribution < -0.4 is 21.3 Å². The van der Waals surface area contributed by atoms with E-state index in [4.69, 9.17) is 11.6 Å². The van der Waals surface area contributed by atoms with Crippen molar-refractivity contribution in [1.29, 1.82) is 0 Å². The number of halogens is 4. The second-order valence-electron chi connectivity index (χ2n) is 31.1.